The third-order valence-electron chi connectivity index (χ3n) is 3.25. The fourth-order valence-electron chi connectivity index (χ4n) is 2.12. The Morgan fingerprint density at radius 2 is 1.91 bits per heavy atom. The molecule has 2 N–H and O–H groups in total. The molecule has 0 bridgehead atoms. The molecule has 0 fully saturated rings. The first-order valence-corrected chi connectivity index (χ1v) is 8.80. The van der Waals surface area contributed by atoms with Gasteiger partial charge in [0.1, 0.15) is 5.69 Å². The van der Waals surface area contributed by atoms with Crippen LogP contribution in [0.15, 0.2) is 51.8 Å². The summed E-state index contributed by atoms with van der Waals surface area (Å²) < 4.78 is 23.6. The van der Waals surface area contributed by atoms with Crippen molar-refractivity contribution in [1.82, 2.24) is 0 Å². The van der Waals surface area contributed by atoms with E-state index in [1.54, 1.807) is 11.9 Å². The first-order chi connectivity index (χ1) is 10.7. The molecule has 0 aromatic heterocycles. The van der Waals surface area contributed by atoms with Crippen LogP contribution >= 0.6 is 15.9 Å². The van der Waals surface area contributed by atoms with Gasteiger partial charge in [0.2, 0.25) is 10.0 Å². The molecule has 0 saturated carbocycles. The summed E-state index contributed by atoms with van der Waals surface area (Å²) in [5.41, 5.74) is 0.934. The molecule has 0 heterocycles. The quantitative estimate of drug-likeness (QED) is 0.614. The zero-order valence-electron chi connectivity index (χ0n) is 12.1. The van der Waals surface area contributed by atoms with E-state index < -0.39 is 14.9 Å². The maximum Gasteiger partial charge on any atom is 0.293 e. The first kappa shape index (κ1) is 17.4. The van der Waals surface area contributed by atoms with E-state index in [-0.39, 0.29) is 10.6 Å². The summed E-state index contributed by atoms with van der Waals surface area (Å²) in [6.45, 7) is 0.414. The van der Waals surface area contributed by atoms with Gasteiger partial charge >= 0.3 is 0 Å². The van der Waals surface area contributed by atoms with Gasteiger partial charge in [-0.15, -0.1) is 0 Å². The van der Waals surface area contributed by atoms with Crippen molar-refractivity contribution in [3.63, 3.8) is 0 Å². The van der Waals surface area contributed by atoms with Gasteiger partial charge in [0.05, 0.1) is 9.82 Å². The number of anilines is 1. The highest BCUT2D eigenvalue weighted by atomic mass is 79.9. The van der Waals surface area contributed by atoms with Crippen LogP contribution in [0.4, 0.5) is 11.4 Å². The van der Waals surface area contributed by atoms with E-state index in [1.165, 1.54) is 12.1 Å². The van der Waals surface area contributed by atoms with Crippen molar-refractivity contribution in [2.24, 2.45) is 5.14 Å². The molecular weight excluding hydrogens is 386 g/mol. The van der Waals surface area contributed by atoms with Crippen LogP contribution in [0.2, 0.25) is 0 Å². The van der Waals surface area contributed by atoms with E-state index in [1.807, 2.05) is 24.3 Å². The van der Waals surface area contributed by atoms with Crippen LogP contribution in [0.25, 0.3) is 0 Å². The van der Waals surface area contributed by atoms with Gasteiger partial charge in [0.15, 0.2) is 0 Å². The van der Waals surface area contributed by atoms with Crippen LogP contribution in [0.1, 0.15) is 5.56 Å². The highest BCUT2D eigenvalue weighted by Gasteiger charge is 2.21. The molecule has 0 amide bonds. The lowest BCUT2D eigenvalue weighted by Gasteiger charge is -2.20. The van der Waals surface area contributed by atoms with Crippen molar-refractivity contribution < 1.29 is 13.3 Å². The number of benzene rings is 2. The number of sulfonamides is 1. The summed E-state index contributed by atoms with van der Waals surface area (Å²) in [5.74, 6) is 0. The summed E-state index contributed by atoms with van der Waals surface area (Å²) in [6, 6.07) is 11.1. The molecule has 2 aromatic rings. The van der Waals surface area contributed by atoms with Crippen molar-refractivity contribution in [3.05, 3.63) is 62.6 Å². The molecule has 0 atom stereocenters. The maximum absolute atomic E-state index is 11.4. The van der Waals surface area contributed by atoms with Crippen LogP contribution in [-0.2, 0) is 16.6 Å². The van der Waals surface area contributed by atoms with Crippen molar-refractivity contribution >= 4 is 37.3 Å². The topological polar surface area (TPSA) is 107 Å². The zero-order valence-corrected chi connectivity index (χ0v) is 14.5. The van der Waals surface area contributed by atoms with Gasteiger partial charge < -0.3 is 4.90 Å². The van der Waals surface area contributed by atoms with E-state index >= 15 is 0 Å². The number of nitro groups is 1. The molecule has 0 aliphatic rings. The molecule has 0 radical (unpaired) electrons. The molecule has 0 unspecified atom stereocenters. The van der Waals surface area contributed by atoms with E-state index in [4.69, 9.17) is 5.14 Å². The van der Waals surface area contributed by atoms with Gasteiger partial charge in [-0.3, -0.25) is 10.1 Å². The maximum atomic E-state index is 11.4. The Labute approximate surface area is 142 Å². The fraction of sp³-hybridized carbons (Fsp3) is 0.143. The molecule has 2 aromatic carbocycles. The van der Waals surface area contributed by atoms with Gasteiger partial charge in [0.25, 0.3) is 5.69 Å². The third kappa shape index (κ3) is 4.06. The van der Waals surface area contributed by atoms with Crippen molar-refractivity contribution in [1.29, 1.82) is 0 Å². The zero-order chi connectivity index (χ0) is 17.2. The second kappa shape index (κ2) is 6.65. The van der Waals surface area contributed by atoms with Crippen LogP contribution < -0.4 is 10.0 Å². The summed E-state index contributed by atoms with van der Waals surface area (Å²) >= 11 is 3.43. The minimum atomic E-state index is -4.00. The Morgan fingerprint density at radius 1 is 1.26 bits per heavy atom. The van der Waals surface area contributed by atoms with Gasteiger partial charge in [-0.05, 0) is 23.8 Å². The van der Waals surface area contributed by atoms with Gasteiger partial charge in [-0.25, -0.2) is 13.6 Å². The molecule has 2 rings (SSSR count). The minimum absolute atomic E-state index is 0.290. The molecule has 23 heavy (non-hydrogen) atoms. The number of rotatable bonds is 5. The number of halogens is 1. The molecule has 0 saturated heterocycles. The summed E-state index contributed by atoms with van der Waals surface area (Å²) in [5, 5.41) is 16.3. The number of hydrogen-bond donors (Lipinski definition) is 1. The standard InChI is InChI=1S/C14H14BrN3O4S/c1-17(9-10-4-2-3-5-12(10)15)13-7-6-11(23(16,21)22)8-14(13)18(19)20/h2-8H,9H2,1H3,(H2,16,21,22). The Morgan fingerprint density at radius 3 is 2.48 bits per heavy atom. The lowest BCUT2D eigenvalue weighted by atomic mass is 10.2. The Balaban J connectivity index is 2.42. The van der Waals surface area contributed by atoms with Crippen molar-refractivity contribution in [2.75, 3.05) is 11.9 Å². The number of nitrogens with two attached hydrogens (primary N) is 1. The second-order valence-electron chi connectivity index (χ2n) is 4.90. The van der Waals surface area contributed by atoms with E-state index in [2.05, 4.69) is 15.9 Å². The summed E-state index contributed by atoms with van der Waals surface area (Å²) in [4.78, 5) is 12.0. The minimum Gasteiger partial charge on any atom is -0.365 e. The predicted molar refractivity (Wildman–Crippen MR) is 90.7 cm³/mol. The van der Waals surface area contributed by atoms with Crippen LogP contribution in [0.5, 0.6) is 0 Å². The Bertz CT molecular complexity index is 855. The number of primary sulfonamides is 1. The predicted octanol–water partition coefficient (Wildman–Crippen LogP) is 2.64. The largest absolute Gasteiger partial charge is 0.365 e. The third-order valence-corrected chi connectivity index (χ3v) is 4.93. The van der Waals surface area contributed by atoms with Crippen LogP contribution in [0.3, 0.4) is 0 Å². The fourth-order valence-corrected chi connectivity index (χ4v) is 3.06. The molecular formula is C14H14BrN3O4S. The lowest BCUT2D eigenvalue weighted by Crippen LogP contribution is -2.19. The first-order valence-electron chi connectivity index (χ1n) is 6.46. The van der Waals surface area contributed by atoms with Gasteiger partial charge in [0, 0.05) is 24.1 Å². The lowest BCUT2D eigenvalue weighted by molar-refractivity contribution is -0.384. The monoisotopic (exact) mass is 399 g/mol. The average molecular weight is 400 g/mol. The second-order valence-corrected chi connectivity index (χ2v) is 7.32. The SMILES string of the molecule is CN(Cc1ccccc1Br)c1ccc(S(N)(=O)=O)cc1[N+](=O)[O-]. The molecule has 9 heteroatoms. The average Bonchev–Trinajstić information content (AvgIpc) is 2.48. The highest BCUT2D eigenvalue weighted by Crippen LogP contribution is 2.31. The van der Waals surface area contributed by atoms with Gasteiger partial charge in [-0.1, -0.05) is 34.1 Å². The molecule has 0 spiro atoms. The Hall–Kier alpha value is -1.97. The van der Waals surface area contributed by atoms with E-state index in [0.717, 1.165) is 16.1 Å². The van der Waals surface area contributed by atoms with Gasteiger partial charge in [-0.2, -0.15) is 0 Å². The molecule has 0 aliphatic heterocycles. The van der Waals surface area contributed by atoms with Crippen LogP contribution in [0, 0.1) is 10.1 Å². The van der Waals surface area contributed by atoms with Crippen molar-refractivity contribution in [2.45, 2.75) is 11.4 Å². The van der Waals surface area contributed by atoms with E-state index in [0.29, 0.717) is 12.2 Å². The smallest absolute Gasteiger partial charge is 0.293 e. The highest BCUT2D eigenvalue weighted by molar-refractivity contribution is 9.10. The van der Waals surface area contributed by atoms with Crippen molar-refractivity contribution in [3.8, 4) is 0 Å². The summed E-state index contributed by atoms with van der Waals surface area (Å²) in [7, 11) is -2.30. The number of nitrogens with zero attached hydrogens (tertiary/aromatic N) is 2. The summed E-state index contributed by atoms with van der Waals surface area (Å²) in [6.07, 6.45) is 0. The Kier molecular flexibility index (Phi) is 5.03. The number of hydrogen-bond acceptors (Lipinski definition) is 5. The molecule has 7 nitrogen and oxygen atoms in total. The normalized spacial score (nSPS) is 11.3. The van der Waals surface area contributed by atoms with E-state index in [9.17, 15) is 18.5 Å². The number of nitro benzene ring substituents is 1. The molecule has 0 aliphatic carbocycles. The van der Waals surface area contributed by atoms with Crippen LogP contribution in [-0.4, -0.2) is 20.4 Å². The molecule has 122 valence electrons.